The number of nitrogens with one attached hydrogen (secondary N) is 3. The van der Waals surface area contributed by atoms with Gasteiger partial charge in [-0.15, -0.1) is 0 Å². The van der Waals surface area contributed by atoms with Gasteiger partial charge in [-0.3, -0.25) is 4.72 Å². The maximum absolute atomic E-state index is 12.0. The molecule has 0 saturated carbocycles. The Balaban J connectivity index is 1.94. The van der Waals surface area contributed by atoms with Gasteiger partial charge in [0.05, 0.1) is 24.1 Å². The van der Waals surface area contributed by atoms with Gasteiger partial charge in [0.15, 0.2) is 0 Å². The number of carbonyl (C=O) groups excluding carboxylic acids is 1. The van der Waals surface area contributed by atoms with Crippen LogP contribution in [0.5, 0.6) is 0 Å². The monoisotopic (exact) mass is 341 g/mol. The van der Waals surface area contributed by atoms with Crippen LogP contribution in [0.3, 0.4) is 0 Å². The van der Waals surface area contributed by atoms with Gasteiger partial charge in [-0.05, 0) is 31.4 Å². The summed E-state index contributed by atoms with van der Waals surface area (Å²) in [5, 5.41) is 5.59. The van der Waals surface area contributed by atoms with Crippen LogP contribution in [0.1, 0.15) is 31.4 Å². The second-order valence-corrected chi connectivity index (χ2v) is 7.42. The molecule has 1 saturated heterocycles. The first-order chi connectivity index (χ1) is 10.8. The topological polar surface area (TPSA) is 96.5 Å². The number of anilines is 1. The van der Waals surface area contributed by atoms with Crippen LogP contribution in [0, 0.1) is 0 Å². The van der Waals surface area contributed by atoms with E-state index >= 15 is 0 Å². The molecule has 1 aliphatic heterocycles. The number of carbonyl (C=O) groups is 1. The predicted octanol–water partition coefficient (Wildman–Crippen LogP) is 1.60. The van der Waals surface area contributed by atoms with Crippen molar-refractivity contribution < 1.29 is 17.9 Å². The van der Waals surface area contributed by atoms with Crippen molar-refractivity contribution in [1.82, 2.24) is 10.6 Å². The smallest absolute Gasteiger partial charge is 0.315 e. The Morgan fingerprint density at radius 2 is 2.13 bits per heavy atom. The van der Waals surface area contributed by atoms with E-state index in [0.29, 0.717) is 17.8 Å². The average Bonchev–Trinajstić information content (AvgIpc) is 2.97. The van der Waals surface area contributed by atoms with Gasteiger partial charge in [0.2, 0.25) is 10.0 Å². The van der Waals surface area contributed by atoms with Gasteiger partial charge in [0.25, 0.3) is 0 Å². The lowest BCUT2D eigenvalue weighted by Gasteiger charge is -2.19. The van der Waals surface area contributed by atoms with Crippen LogP contribution in [0.25, 0.3) is 0 Å². The molecule has 1 heterocycles. The van der Waals surface area contributed by atoms with Crippen molar-refractivity contribution in [3.8, 4) is 0 Å². The highest BCUT2D eigenvalue weighted by Crippen LogP contribution is 2.23. The standard InChI is InChI=1S/C15H23N3O4S/c1-11(17-15(19)16-10-12-6-5-9-22-12)13-7-3-4-8-14(13)18-23(2,20)21/h3-4,7-8,11-12,18H,5-6,9-10H2,1-2H3,(H2,16,17,19)/t11-,12-/m1/s1. The molecule has 0 bridgehead atoms. The van der Waals surface area contributed by atoms with Crippen molar-refractivity contribution in [1.29, 1.82) is 0 Å². The number of para-hydroxylation sites is 1. The third-order valence-corrected chi connectivity index (χ3v) is 4.18. The summed E-state index contributed by atoms with van der Waals surface area (Å²) in [5.74, 6) is 0. The van der Waals surface area contributed by atoms with Gasteiger partial charge in [-0.1, -0.05) is 18.2 Å². The Hall–Kier alpha value is -1.80. The zero-order chi connectivity index (χ0) is 16.9. The van der Waals surface area contributed by atoms with Crippen molar-refractivity contribution in [2.45, 2.75) is 31.9 Å². The number of amides is 2. The molecule has 1 aliphatic rings. The van der Waals surface area contributed by atoms with Crippen LogP contribution in [-0.4, -0.2) is 40.0 Å². The molecular weight excluding hydrogens is 318 g/mol. The van der Waals surface area contributed by atoms with E-state index in [0.717, 1.165) is 25.7 Å². The van der Waals surface area contributed by atoms with E-state index in [2.05, 4.69) is 15.4 Å². The minimum absolute atomic E-state index is 0.0789. The molecule has 1 fully saturated rings. The molecule has 23 heavy (non-hydrogen) atoms. The zero-order valence-electron chi connectivity index (χ0n) is 13.3. The Morgan fingerprint density at radius 1 is 1.39 bits per heavy atom. The van der Waals surface area contributed by atoms with E-state index in [4.69, 9.17) is 4.74 Å². The maximum Gasteiger partial charge on any atom is 0.315 e. The van der Waals surface area contributed by atoms with E-state index in [1.54, 1.807) is 31.2 Å². The van der Waals surface area contributed by atoms with Crippen molar-refractivity contribution >= 4 is 21.7 Å². The molecule has 3 N–H and O–H groups in total. The number of hydrogen-bond donors (Lipinski definition) is 3. The lowest BCUT2D eigenvalue weighted by Crippen LogP contribution is -2.40. The summed E-state index contributed by atoms with van der Waals surface area (Å²) in [6.45, 7) is 3.02. The molecule has 0 spiro atoms. The molecule has 2 amide bonds. The van der Waals surface area contributed by atoms with Gasteiger partial charge >= 0.3 is 6.03 Å². The average molecular weight is 341 g/mol. The van der Waals surface area contributed by atoms with Crippen molar-refractivity contribution in [2.75, 3.05) is 24.1 Å². The molecular formula is C15H23N3O4S. The summed E-state index contributed by atoms with van der Waals surface area (Å²) in [7, 11) is -3.38. The third kappa shape index (κ3) is 5.72. The van der Waals surface area contributed by atoms with Gasteiger partial charge in [0, 0.05) is 13.2 Å². The first-order valence-corrected chi connectivity index (χ1v) is 9.47. The lowest BCUT2D eigenvalue weighted by molar-refractivity contribution is 0.111. The third-order valence-electron chi connectivity index (χ3n) is 3.58. The Morgan fingerprint density at radius 3 is 2.78 bits per heavy atom. The number of urea groups is 1. The van der Waals surface area contributed by atoms with Crippen LogP contribution < -0.4 is 15.4 Å². The molecule has 7 nitrogen and oxygen atoms in total. The molecule has 128 valence electrons. The van der Waals surface area contributed by atoms with Gasteiger partial charge in [0.1, 0.15) is 0 Å². The molecule has 2 atom stereocenters. The minimum Gasteiger partial charge on any atom is -0.376 e. The molecule has 2 rings (SSSR count). The van der Waals surface area contributed by atoms with E-state index < -0.39 is 10.0 Å². The molecule has 0 radical (unpaired) electrons. The number of rotatable bonds is 6. The molecule has 1 aromatic rings. The van der Waals surface area contributed by atoms with Crippen molar-refractivity contribution in [3.05, 3.63) is 29.8 Å². The number of ether oxygens (including phenoxy) is 1. The van der Waals surface area contributed by atoms with Crippen LogP contribution in [-0.2, 0) is 14.8 Å². The fraction of sp³-hybridized carbons (Fsp3) is 0.533. The van der Waals surface area contributed by atoms with Gasteiger partial charge < -0.3 is 15.4 Å². The van der Waals surface area contributed by atoms with Crippen molar-refractivity contribution in [3.63, 3.8) is 0 Å². The van der Waals surface area contributed by atoms with Crippen LogP contribution in [0.4, 0.5) is 10.5 Å². The number of hydrogen-bond acceptors (Lipinski definition) is 4. The SMILES string of the molecule is C[C@@H](NC(=O)NC[C@H]1CCCO1)c1ccccc1NS(C)(=O)=O. The van der Waals surface area contributed by atoms with Crippen LogP contribution in [0.15, 0.2) is 24.3 Å². The molecule has 8 heteroatoms. The predicted molar refractivity (Wildman–Crippen MR) is 88.8 cm³/mol. The van der Waals surface area contributed by atoms with E-state index in [1.807, 2.05) is 0 Å². The Labute approximate surface area is 136 Å². The summed E-state index contributed by atoms with van der Waals surface area (Å²) in [4.78, 5) is 12.0. The van der Waals surface area contributed by atoms with E-state index in [9.17, 15) is 13.2 Å². The largest absolute Gasteiger partial charge is 0.376 e. The van der Waals surface area contributed by atoms with Crippen LogP contribution >= 0.6 is 0 Å². The molecule has 0 aliphatic carbocycles. The first kappa shape index (κ1) is 17.6. The van der Waals surface area contributed by atoms with Gasteiger partial charge in [-0.2, -0.15) is 0 Å². The van der Waals surface area contributed by atoms with E-state index in [1.165, 1.54) is 0 Å². The fourth-order valence-electron chi connectivity index (χ4n) is 2.50. The molecule has 1 aromatic carbocycles. The molecule has 0 aromatic heterocycles. The summed E-state index contributed by atoms with van der Waals surface area (Å²) in [6, 6.07) is 6.33. The number of benzene rings is 1. The first-order valence-electron chi connectivity index (χ1n) is 7.58. The zero-order valence-corrected chi connectivity index (χ0v) is 14.2. The highest BCUT2D eigenvalue weighted by Gasteiger charge is 2.18. The second kappa shape index (κ2) is 7.65. The summed E-state index contributed by atoms with van der Waals surface area (Å²) < 4.78 is 30.8. The quantitative estimate of drug-likeness (QED) is 0.732. The highest BCUT2D eigenvalue weighted by molar-refractivity contribution is 7.92. The molecule has 0 unspecified atom stereocenters. The summed E-state index contributed by atoms with van der Waals surface area (Å²) >= 11 is 0. The summed E-state index contributed by atoms with van der Waals surface area (Å²) in [6.07, 6.45) is 3.15. The minimum atomic E-state index is -3.38. The normalized spacial score (nSPS) is 19.1. The maximum atomic E-state index is 12.0. The van der Waals surface area contributed by atoms with Crippen LogP contribution in [0.2, 0.25) is 0 Å². The highest BCUT2D eigenvalue weighted by atomic mass is 32.2. The Bertz CT molecular complexity index is 642. The summed E-state index contributed by atoms with van der Waals surface area (Å²) in [5.41, 5.74) is 1.16. The lowest BCUT2D eigenvalue weighted by atomic mass is 10.1. The van der Waals surface area contributed by atoms with Gasteiger partial charge in [-0.25, -0.2) is 13.2 Å². The Kier molecular flexibility index (Phi) is 5.84. The van der Waals surface area contributed by atoms with Crippen molar-refractivity contribution in [2.24, 2.45) is 0 Å². The van der Waals surface area contributed by atoms with E-state index in [-0.39, 0.29) is 18.2 Å². The number of sulfonamides is 1. The second-order valence-electron chi connectivity index (χ2n) is 5.67. The fourth-order valence-corrected chi connectivity index (χ4v) is 3.09.